The molecule has 0 aromatic rings. The van der Waals surface area contributed by atoms with Gasteiger partial charge in [0.1, 0.15) is 6.10 Å². The Bertz CT molecular complexity index is 291. The van der Waals surface area contributed by atoms with E-state index in [4.69, 9.17) is 5.26 Å². The van der Waals surface area contributed by atoms with Gasteiger partial charge in [-0.05, 0) is 33.2 Å². The lowest BCUT2D eigenvalue weighted by Gasteiger charge is -2.37. The van der Waals surface area contributed by atoms with Gasteiger partial charge >= 0.3 is 0 Å². The fourth-order valence-electron chi connectivity index (χ4n) is 2.97. The van der Waals surface area contributed by atoms with Crippen LogP contribution in [0.25, 0.3) is 0 Å². The van der Waals surface area contributed by atoms with Crippen LogP contribution < -0.4 is 10.6 Å². The van der Waals surface area contributed by atoms with E-state index in [1.807, 2.05) is 7.05 Å². The summed E-state index contributed by atoms with van der Waals surface area (Å²) in [6, 6.07) is -0.139. The summed E-state index contributed by atoms with van der Waals surface area (Å²) in [6.45, 7) is 3.90. The van der Waals surface area contributed by atoms with Crippen molar-refractivity contribution in [2.45, 2.75) is 82.9 Å². The summed E-state index contributed by atoms with van der Waals surface area (Å²) in [5.41, 5.74) is -0.447. The maximum absolute atomic E-state index is 12.6. The van der Waals surface area contributed by atoms with Crippen LogP contribution in [0, 0.1) is 0 Å². The Kier molecular flexibility index (Phi) is 7.48. The summed E-state index contributed by atoms with van der Waals surface area (Å²) < 4.78 is 0. The second-order valence-electron chi connectivity index (χ2n) is 5.93. The summed E-state index contributed by atoms with van der Waals surface area (Å²) in [5, 5.41) is 15.2. The first-order valence-corrected chi connectivity index (χ1v) is 7.89. The van der Waals surface area contributed by atoms with Crippen LogP contribution >= 0.6 is 0 Å². The topological polar surface area (TPSA) is 70.6 Å². The van der Waals surface area contributed by atoms with Gasteiger partial charge in [0.25, 0.3) is 0 Å². The Balaban J connectivity index is 2.67. The van der Waals surface area contributed by atoms with Crippen molar-refractivity contribution >= 4 is 5.91 Å². The van der Waals surface area contributed by atoms with Crippen molar-refractivity contribution in [2.75, 3.05) is 7.05 Å². The SMILES string of the molecule is CCCC[C@H](NC(=O)C1(NC)CCCCC1)C(C)OO. The fourth-order valence-corrected chi connectivity index (χ4v) is 2.97. The zero-order valence-electron chi connectivity index (χ0n) is 13.1. The fraction of sp³-hybridized carbons (Fsp3) is 0.933. The third-order valence-electron chi connectivity index (χ3n) is 4.54. The summed E-state index contributed by atoms with van der Waals surface area (Å²) in [4.78, 5) is 17.1. The van der Waals surface area contributed by atoms with Crippen molar-refractivity contribution in [3.05, 3.63) is 0 Å². The van der Waals surface area contributed by atoms with Crippen LogP contribution in [-0.2, 0) is 9.68 Å². The van der Waals surface area contributed by atoms with Gasteiger partial charge in [-0.3, -0.25) is 10.1 Å². The molecule has 5 nitrogen and oxygen atoms in total. The Morgan fingerprint density at radius 1 is 1.35 bits per heavy atom. The van der Waals surface area contributed by atoms with Gasteiger partial charge in [0.05, 0.1) is 11.6 Å². The first kappa shape index (κ1) is 17.4. The van der Waals surface area contributed by atoms with E-state index in [-0.39, 0.29) is 18.1 Å². The Morgan fingerprint density at radius 2 is 2.00 bits per heavy atom. The van der Waals surface area contributed by atoms with Crippen LogP contribution in [0.1, 0.15) is 65.2 Å². The van der Waals surface area contributed by atoms with Gasteiger partial charge in [-0.1, -0.05) is 39.0 Å². The summed E-state index contributed by atoms with van der Waals surface area (Å²) in [5.74, 6) is 0.0460. The number of amides is 1. The van der Waals surface area contributed by atoms with Crippen LogP contribution in [0.5, 0.6) is 0 Å². The van der Waals surface area contributed by atoms with Crippen molar-refractivity contribution in [2.24, 2.45) is 0 Å². The van der Waals surface area contributed by atoms with E-state index < -0.39 is 5.54 Å². The van der Waals surface area contributed by atoms with Crippen LogP contribution in [0.3, 0.4) is 0 Å². The Hall–Kier alpha value is -0.650. The minimum absolute atomic E-state index is 0.0460. The molecule has 1 unspecified atom stereocenters. The third-order valence-corrected chi connectivity index (χ3v) is 4.54. The third kappa shape index (κ3) is 4.43. The summed E-state index contributed by atoms with van der Waals surface area (Å²) in [7, 11) is 1.86. The molecule has 1 aliphatic carbocycles. The first-order chi connectivity index (χ1) is 9.59. The number of nitrogens with one attached hydrogen (secondary N) is 2. The average molecular weight is 286 g/mol. The minimum atomic E-state index is -0.447. The van der Waals surface area contributed by atoms with Crippen molar-refractivity contribution in [1.29, 1.82) is 0 Å². The summed E-state index contributed by atoms with van der Waals surface area (Å²) in [6.07, 6.45) is 7.62. The molecule has 1 amide bonds. The number of hydrogen-bond acceptors (Lipinski definition) is 4. The van der Waals surface area contributed by atoms with Crippen molar-refractivity contribution < 1.29 is 14.9 Å². The second-order valence-corrected chi connectivity index (χ2v) is 5.93. The predicted molar refractivity (Wildman–Crippen MR) is 79.5 cm³/mol. The highest BCUT2D eigenvalue weighted by molar-refractivity contribution is 5.86. The molecule has 1 aliphatic rings. The lowest BCUT2D eigenvalue weighted by Crippen LogP contribution is -2.59. The molecular formula is C15H30N2O3. The largest absolute Gasteiger partial charge is 0.349 e. The van der Waals surface area contributed by atoms with Gasteiger partial charge in [-0.2, -0.15) is 0 Å². The highest BCUT2D eigenvalue weighted by Gasteiger charge is 2.39. The summed E-state index contributed by atoms with van der Waals surface area (Å²) >= 11 is 0. The van der Waals surface area contributed by atoms with Gasteiger partial charge in [-0.15, -0.1) is 0 Å². The van der Waals surface area contributed by atoms with Gasteiger partial charge in [-0.25, -0.2) is 4.89 Å². The monoisotopic (exact) mass is 286 g/mol. The number of carbonyl (C=O) groups excluding carboxylic acids is 1. The smallest absolute Gasteiger partial charge is 0.240 e. The molecule has 118 valence electrons. The van der Waals surface area contributed by atoms with E-state index in [0.717, 1.165) is 44.9 Å². The Morgan fingerprint density at radius 3 is 2.50 bits per heavy atom. The molecular weight excluding hydrogens is 256 g/mol. The van der Waals surface area contributed by atoms with E-state index >= 15 is 0 Å². The molecule has 0 aliphatic heterocycles. The molecule has 0 aromatic carbocycles. The predicted octanol–water partition coefficient (Wildman–Crippen LogP) is 2.46. The molecule has 2 atom stereocenters. The molecule has 20 heavy (non-hydrogen) atoms. The molecule has 0 heterocycles. The molecule has 0 spiro atoms. The lowest BCUT2D eigenvalue weighted by atomic mass is 9.80. The van der Waals surface area contributed by atoms with Crippen LogP contribution in [-0.4, -0.2) is 35.9 Å². The number of carbonyl (C=O) groups is 1. The zero-order chi connectivity index (χ0) is 15.0. The number of rotatable bonds is 8. The molecule has 0 saturated heterocycles. The molecule has 0 aromatic heterocycles. The van der Waals surface area contributed by atoms with Crippen molar-refractivity contribution in [1.82, 2.24) is 10.6 Å². The molecule has 1 saturated carbocycles. The van der Waals surface area contributed by atoms with Crippen LogP contribution in [0.2, 0.25) is 0 Å². The normalized spacial score (nSPS) is 21.2. The van der Waals surface area contributed by atoms with E-state index in [0.29, 0.717) is 0 Å². The van der Waals surface area contributed by atoms with Crippen LogP contribution in [0.4, 0.5) is 0 Å². The molecule has 0 radical (unpaired) electrons. The minimum Gasteiger partial charge on any atom is -0.349 e. The van der Waals surface area contributed by atoms with Gasteiger partial charge in [0.2, 0.25) is 5.91 Å². The molecule has 0 bridgehead atoms. The molecule has 1 fully saturated rings. The van der Waals surface area contributed by atoms with E-state index in [1.54, 1.807) is 6.92 Å². The van der Waals surface area contributed by atoms with Crippen molar-refractivity contribution in [3.63, 3.8) is 0 Å². The van der Waals surface area contributed by atoms with Gasteiger partial charge in [0.15, 0.2) is 0 Å². The van der Waals surface area contributed by atoms with Crippen LogP contribution in [0.15, 0.2) is 0 Å². The number of unbranched alkanes of at least 4 members (excludes halogenated alkanes) is 1. The molecule has 3 N–H and O–H groups in total. The number of likely N-dealkylation sites (N-methyl/N-ethyl adjacent to an activating group) is 1. The van der Waals surface area contributed by atoms with E-state index in [2.05, 4.69) is 22.4 Å². The van der Waals surface area contributed by atoms with Gasteiger partial charge < -0.3 is 10.6 Å². The highest BCUT2D eigenvalue weighted by Crippen LogP contribution is 2.28. The lowest BCUT2D eigenvalue weighted by molar-refractivity contribution is -0.279. The first-order valence-electron chi connectivity index (χ1n) is 7.89. The molecule has 1 rings (SSSR count). The maximum Gasteiger partial charge on any atom is 0.240 e. The highest BCUT2D eigenvalue weighted by atomic mass is 17.1. The van der Waals surface area contributed by atoms with E-state index in [9.17, 15) is 4.79 Å². The Labute approximate surface area is 122 Å². The average Bonchev–Trinajstić information content (AvgIpc) is 2.50. The quantitative estimate of drug-likeness (QED) is 0.473. The number of hydrogen-bond donors (Lipinski definition) is 3. The van der Waals surface area contributed by atoms with Gasteiger partial charge in [0, 0.05) is 0 Å². The molecule has 5 heteroatoms. The maximum atomic E-state index is 12.6. The van der Waals surface area contributed by atoms with E-state index in [1.165, 1.54) is 6.42 Å². The second kappa shape index (κ2) is 8.60. The standard InChI is InChI=1S/C15H30N2O3/c1-4-5-9-13(12(2)20-19)17-14(18)15(16-3)10-7-6-8-11-15/h12-13,16,19H,4-11H2,1-3H3,(H,17,18)/t12?,13-/m0/s1. The zero-order valence-corrected chi connectivity index (χ0v) is 13.1. The van der Waals surface area contributed by atoms with Crippen molar-refractivity contribution in [3.8, 4) is 0 Å².